The fourth-order valence-corrected chi connectivity index (χ4v) is 13.9. The van der Waals surface area contributed by atoms with Crippen molar-refractivity contribution in [1.29, 1.82) is 0 Å². The maximum Gasteiger partial charge on any atom is 1.00 e. The Morgan fingerprint density at radius 2 is 0.812 bits per heavy atom. The third kappa shape index (κ3) is 47.7. The minimum Gasteiger partial charge on any atom is -0.870 e. The number of methoxy groups -OCH3 is 3. The summed E-state index contributed by atoms with van der Waals surface area (Å²) >= 11 is 22.5. The van der Waals surface area contributed by atoms with Crippen LogP contribution in [0.3, 0.4) is 0 Å². The number of carboxylic acids is 2. The first-order valence-electron chi connectivity index (χ1n) is 39.2. The zero-order valence-electron chi connectivity index (χ0n) is 75.0. The van der Waals surface area contributed by atoms with Crippen LogP contribution in [0, 0.1) is 0 Å². The second kappa shape index (κ2) is 68.8. The van der Waals surface area contributed by atoms with Crippen LogP contribution in [0.1, 0.15) is 219 Å². The number of thiocarbonyl (C=S) groups is 1. The number of aromatic nitrogens is 7. The van der Waals surface area contributed by atoms with Crippen LogP contribution in [-0.2, 0) is 47.9 Å². The summed E-state index contributed by atoms with van der Waals surface area (Å²) in [6.45, 7) is 10.4. The Bertz CT molecular complexity index is 5940. The number of aromatic carboxylic acids is 1. The SMILES string of the molecule is C.C.C.CC(=O)[O-].CC(=O)c1ccc(Cc2nc(-c3c[nH]c(C(=O)N4CCCC4)c3)cs2)cc1.CC(=O)c1ccc(Cc2nc(-c3c[nH]c(C(=O)O)c3)cs2)cc1.CC(=O)c1ccc(N)cc1.CC(=O)c1ccc(NC(N)=S)cc1.COC(=O)C1=CC=CC1.COC(=O)c1cc(-c2csc(Cc3ccc(C(C)=O)cc3)n2)c[nH]1.COC(=O)c1cc(C(=O)CCl)c[nH]1.O=C(Cl)CCl.[Cl][Al]([Cl])[Cl].[Na+].[Na+].[OH-]. The van der Waals surface area contributed by atoms with E-state index in [-0.39, 0.29) is 162 Å². The summed E-state index contributed by atoms with van der Waals surface area (Å²) in [7, 11) is 18.8. The molecule has 7 aromatic heterocycles. The number of allylic oxidation sites excluding steroid dienone is 3. The van der Waals surface area contributed by atoms with Crippen LogP contribution in [0.2, 0.25) is 0 Å². The number of likely N-dealkylation sites (tertiary alicyclic amines) is 1. The number of ether oxygens (including phenoxy) is 3. The maximum atomic E-state index is 12.5. The number of carbonyl (C=O) groups is 13. The number of hydrogen-bond acceptors (Lipinski definition) is 26. The number of Topliss-reactive ketones (excluding diaryl/α,β-unsaturated/α-hetero) is 6. The van der Waals surface area contributed by atoms with E-state index in [2.05, 4.69) is 61.6 Å². The second-order valence-electron chi connectivity index (χ2n) is 27.6. The van der Waals surface area contributed by atoms with Gasteiger partial charge in [-0.25, -0.2) is 64.3 Å². The Hall–Kier alpha value is -10.2. The van der Waals surface area contributed by atoms with Crippen molar-refractivity contribution < 1.29 is 151 Å². The number of nitrogens with zero attached hydrogens (tertiary/aromatic N) is 4. The first-order valence-corrected chi connectivity index (χ1v) is 49.0. The number of hydrogen-bond donors (Lipinski definition) is 8. The summed E-state index contributed by atoms with van der Waals surface area (Å²) < 4.78 is 13.6. The third-order valence-corrected chi connectivity index (χ3v) is 21.1. The molecular formula is C95H104AlCl6N11Na2O19S4. The summed E-state index contributed by atoms with van der Waals surface area (Å²) in [6.07, 6.45) is 17.2. The smallest absolute Gasteiger partial charge is 0.870 e. The quantitative estimate of drug-likeness (QED) is 0.00431. The molecule has 5 aromatic carbocycles. The van der Waals surface area contributed by atoms with Crippen molar-refractivity contribution in [3.8, 4) is 33.8 Å². The molecule has 0 saturated carbocycles. The van der Waals surface area contributed by atoms with Crippen LogP contribution in [0.25, 0.3) is 33.8 Å². The normalized spacial score (nSPS) is 10.5. The van der Waals surface area contributed by atoms with Gasteiger partial charge in [-0.1, -0.05) is 113 Å². The number of anilines is 2. The summed E-state index contributed by atoms with van der Waals surface area (Å²) in [6, 6.07) is 43.2. The van der Waals surface area contributed by atoms with E-state index < -0.39 is 40.5 Å². The van der Waals surface area contributed by atoms with E-state index in [4.69, 9.17) is 96.4 Å². The molecule has 0 atom stereocenters. The van der Waals surface area contributed by atoms with Crippen LogP contribution in [-0.4, -0.2) is 189 Å². The zero-order chi connectivity index (χ0) is 97.7. The van der Waals surface area contributed by atoms with Crippen molar-refractivity contribution >= 4 is 215 Å². The monoisotopic (exact) mass is 2110 g/mol. The van der Waals surface area contributed by atoms with Gasteiger partial charge in [-0.05, 0) is 174 Å². The van der Waals surface area contributed by atoms with Crippen molar-refractivity contribution in [3.05, 3.63) is 298 Å². The Balaban J connectivity index is 0. The van der Waals surface area contributed by atoms with E-state index in [9.17, 15) is 57.5 Å². The number of aromatic amines is 4. The van der Waals surface area contributed by atoms with Gasteiger partial charge in [0.25, 0.3) is 5.91 Å². The molecule has 1 saturated heterocycles. The Morgan fingerprint density at radius 3 is 1.12 bits per heavy atom. The van der Waals surface area contributed by atoms with Gasteiger partial charge in [0.1, 0.15) is 22.8 Å². The number of thiazole rings is 3. The van der Waals surface area contributed by atoms with E-state index in [1.54, 1.807) is 123 Å². The molecule has 2 aliphatic rings. The Labute approximate surface area is 894 Å². The van der Waals surface area contributed by atoms with Gasteiger partial charge in [-0.15, -0.1) is 57.2 Å². The van der Waals surface area contributed by atoms with Gasteiger partial charge in [0.2, 0.25) is 5.24 Å². The second-order valence-corrected chi connectivity index (χ2v) is 38.2. The Morgan fingerprint density at radius 1 is 0.500 bits per heavy atom. The van der Waals surface area contributed by atoms with Crippen LogP contribution in [0.15, 0.2) is 210 Å². The van der Waals surface area contributed by atoms with Crippen molar-refractivity contribution in [2.75, 3.05) is 57.2 Å². The number of benzene rings is 5. The molecule has 14 rings (SSSR count). The molecule has 0 spiro atoms. The maximum absolute atomic E-state index is 12.5. The molecule has 43 heteroatoms. The molecule has 1 aliphatic carbocycles. The first-order chi connectivity index (χ1) is 62.7. The number of ketones is 6. The minimum absolute atomic E-state index is 0. The molecule has 0 unspecified atom stereocenters. The zero-order valence-corrected chi connectivity index (χ0v) is 87.9. The number of aliphatic carboxylic acids is 1. The summed E-state index contributed by atoms with van der Waals surface area (Å²) in [4.78, 5) is 168. The number of alkyl halides is 2. The molecule has 30 nitrogen and oxygen atoms in total. The molecule has 138 heavy (non-hydrogen) atoms. The molecule has 8 heterocycles. The molecule has 0 radical (unpaired) electrons. The fourth-order valence-electron chi connectivity index (χ4n) is 11.1. The van der Waals surface area contributed by atoms with Gasteiger partial charge < -0.3 is 76.3 Å². The molecule has 0 bridgehead atoms. The number of carbonyl (C=O) groups excluding carboxylic acids is 12. The number of nitrogens with one attached hydrogen (secondary N) is 5. The van der Waals surface area contributed by atoms with Crippen LogP contribution in [0.4, 0.5) is 11.4 Å². The van der Waals surface area contributed by atoms with Crippen molar-refractivity contribution in [2.24, 2.45) is 5.73 Å². The van der Waals surface area contributed by atoms with Gasteiger partial charge >= 0.3 is 94.4 Å². The van der Waals surface area contributed by atoms with Gasteiger partial charge in [-0.2, -0.15) is 0 Å². The van der Waals surface area contributed by atoms with Crippen molar-refractivity contribution in [2.45, 2.75) is 102 Å². The summed E-state index contributed by atoms with van der Waals surface area (Å²) in [5, 5.41) is 29.1. The topological polar surface area (TPSA) is 492 Å². The fraction of sp³-hybridized carbons (Fsp3) is 0.232. The predicted molar refractivity (Wildman–Crippen MR) is 543 cm³/mol. The van der Waals surface area contributed by atoms with E-state index in [1.807, 2.05) is 118 Å². The average Bonchev–Trinajstić information content (AvgIpc) is 1.69. The molecule has 1 fully saturated rings. The number of amides is 1. The molecule has 11 N–H and O–H groups in total. The molecule has 12 aromatic rings. The minimum atomic E-state index is -1.72. The number of nitrogens with two attached hydrogens (primary N) is 2. The average molecular weight is 2120 g/mol. The van der Waals surface area contributed by atoms with E-state index >= 15 is 0 Å². The van der Waals surface area contributed by atoms with Crippen LogP contribution in [0.5, 0.6) is 0 Å². The van der Waals surface area contributed by atoms with Gasteiger partial charge in [0, 0.05) is 146 Å². The van der Waals surface area contributed by atoms with E-state index in [0.29, 0.717) is 64.2 Å². The number of esters is 3. The van der Waals surface area contributed by atoms with Gasteiger partial charge in [-0.3, -0.25) is 38.4 Å². The van der Waals surface area contributed by atoms with Gasteiger partial charge in [0.15, 0.2) is 39.8 Å². The molecular weight excluding hydrogens is 2010 g/mol. The van der Waals surface area contributed by atoms with E-state index in [0.717, 1.165) is 122 Å². The molecule has 724 valence electrons. The number of nitrogen functional groups attached to an aromatic ring is 1. The third-order valence-electron chi connectivity index (χ3n) is 17.7. The number of H-pyrrole nitrogens is 4. The van der Waals surface area contributed by atoms with Crippen LogP contribution >= 0.6 is 111 Å². The summed E-state index contributed by atoms with van der Waals surface area (Å²) in [5.41, 5.74) is 26.5. The predicted octanol–water partition coefficient (Wildman–Crippen LogP) is 14.0. The van der Waals surface area contributed by atoms with E-state index in [1.165, 1.54) is 58.8 Å². The standard InChI is InChI=1S/C21H21N3O2S.C18H16N2O3S.C17H14N2O3S.C9H10N2OS.C8H8ClNO3.C8H9NO.C7H8O2.C2H2Cl2O.C2H4O2.3CH4.Al.3ClH.2Na.H2O/c1-14(25)16-6-4-15(5-7-16)10-20-23-19(13-27-20)17-11-18(22-12-17)21(26)24-8-2-3-9-24;1-11(21)13-5-3-12(4-6-13)7-17-20-16(10-24-17)14-8-15(19-9-14)18(22)23-2;1-10(20)12-4-2-11(3-5-12)6-16-19-15(9-23-16)13-7-14(17(21)22)18-8-13;1-6(12)7-2-4-8(5-3-7)11-9(10)13;1-13-8(12)6-2-5(4-10-6)7(11)3-9;1-6(10)7-2-4-8(9)5-3-7;1-9-7(8)6-4-2-3-5-6;3-1-2(4)5;1-2(3)4;;;;;;;;;;/h4-7,11-13,22H,2-3,8-10H2,1H3;3-6,8-10,19H,7H2,1-2H3;2-5,7-9,18H,6H2,1H3,(H,21,22);2-5H,1H3,(H3,10,11,13);2,4,10H,3H2,1H3;2-5H,9H2,1H3;2-4H,5H2,1H3;1H2;1H3,(H,3,4);3*1H4;;3*1H;;;1H2/q;;;;;;;;;;;;+3;;;;2*+1;/p-5. The van der Waals surface area contributed by atoms with Crippen molar-refractivity contribution in [3.63, 3.8) is 0 Å². The van der Waals surface area contributed by atoms with Crippen LogP contribution < -0.4 is 81.0 Å². The largest absolute Gasteiger partial charge is 1.00 e. The summed E-state index contributed by atoms with van der Waals surface area (Å²) in [5.74, 6) is -3.26. The molecule has 1 aliphatic heterocycles. The molecule has 1 amide bonds. The van der Waals surface area contributed by atoms with Gasteiger partial charge in [0.05, 0.1) is 65.2 Å². The Kier molecular flexibility index (Phi) is 64.7. The van der Waals surface area contributed by atoms with Crippen molar-refractivity contribution in [1.82, 2.24) is 39.8 Å². The number of rotatable bonds is 23. The first kappa shape index (κ1) is 130. The number of halogens is 6. The number of carboxylic acid groups (broad SMARTS) is 2.